The van der Waals surface area contributed by atoms with Gasteiger partial charge in [0.05, 0.1) is 29.0 Å². The second kappa shape index (κ2) is 8.83. The van der Waals surface area contributed by atoms with Crippen molar-refractivity contribution in [2.24, 2.45) is 0 Å². The van der Waals surface area contributed by atoms with E-state index in [1.54, 1.807) is 30.2 Å². The minimum atomic E-state index is -4.44. The first-order chi connectivity index (χ1) is 16.0. The van der Waals surface area contributed by atoms with E-state index >= 15 is 0 Å². The largest absolute Gasteiger partial charge is 0.416 e. The number of alkyl halides is 3. The third-order valence-corrected chi connectivity index (χ3v) is 6.54. The van der Waals surface area contributed by atoms with Gasteiger partial charge in [-0.3, -0.25) is 9.78 Å². The van der Waals surface area contributed by atoms with Crippen molar-refractivity contribution in [2.45, 2.75) is 51.4 Å². The molecule has 180 valence electrons. The molecular weight excluding hydrogens is 447 g/mol. The number of benzene rings is 1. The molecule has 2 aromatic heterocycles. The number of likely N-dealkylation sites (tertiary alicyclic amines) is 1. The SMILES string of the molecule is CC(=O)N1CCC(O)(c2cc3c(NC(C)c4cccc(C(F)(F)F)c4C)ncnc3cn2)CC1. The van der Waals surface area contributed by atoms with Crippen molar-refractivity contribution in [1.29, 1.82) is 0 Å². The summed E-state index contributed by atoms with van der Waals surface area (Å²) in [5.74, 6) is 0.398. The molecule has 7 nitrogen and oxygen atoms in total. The van der Waals surface area contributed by atoms with Crippen LogP contribution in [0.15, 0.2) is 36.8 Å². The van der Waals surface area contributed by atoms with Crippen LogP contribution >= 0.6 is 0 Å². The molecule has 34 heavy (non-hydrogen) atoms. The fourth-order valence-electron chi connectivity index (χ4n) is 4.49. The number of amides is 1. The molecule has 1 fully saturated rings. The first kappa shape index (κ1) is 23.9. The number of nitrogens with zero attached hydrogens (tertiary/aromatic N) is 4. The molecule has 1 aliphatic heterocycles. The fourth-order valence-corrected chi connectivity index (χ4v) is 4.49. The highest BCUT2D eigenvalue weighted by Gasteiger charge is 2.36. The number of nitrogens with one attached hydrogen (secondary N) is 1. The summed E-state index contributed by atoms with van der Waals surface area (Å²) in [6.45, 7) is 5.58. The molecule has 1 saturated heterocycles. The molecule has 0 radical (unpaired) electrons. The molecule has 4 rings (SSSR count). The number of aromatic nitrogens is 3. The maximum Gasteiger partial charge on any atom is 0.416 e. The molecule has 1 aromatic carbocycles. The lowest BCUT2D eigenvalue weighted by Gasteiger charge is -2.37. The second-order valence-electron chi connectivity index (χ2n) is 8.73. The summed E-state index contributed by atoms with van der Waals surface area (Å²) < 4.78 is 40.1. The molecule has 3 heterocycles. The van der Waals surface area contributed by atoms with E-state index in [1.807, 2.05) is 0 Å². The smallest absolute Gasteiger partial charge is 0.383 e. The Morgan fingerprint density at radius 2 is 1.91 bits per heavy atom. The van der Waals surface area contributed by atoms with Crippen LogP contribution in [0.2, 0.25) is 0 Å². The van der Waals surface area contributed by atoms with Gasteiger partial charge in [0.25, 0.3) is 0 Å². The first-order valence-corrected chi connectivity index (χ1v) is 11.0. The number of piperidine rings is 1. The van der Waals surface area contributed by atoms with Gasteiger partial charge in [-0.2, -0.15) is 13.2 Å². The Balaban J connectivity index is 1.65. The van der Waals surface area contributed by atoms with Crippen LogP contribution in [-0.2, 0) is 16.6 Å². The van der Waals surface area contributed by atoms with Crippen molar-refractivity contribution in [3.8, 4) is 0 Å². The third kappa shape index (κ3) is 4.54. The molecule has 1 aliphatic rings. The highest BCUT2D eigenvalue weighted by molar-refractivity contribution is 5.88. The highest BCUT2D eigenvalue weighted by Crippen LogP contribution is 2.37. The number of carbonyl (C=O) groups excluding carboxylic acids is 1. The number of carbonyl (C=O) groups is 1. The molecule has 0 saturated carbocycles. The quantitative estimate of drug-likeness (QED) is 0.585. The summed E-state index contributed by atoms with van der Waals surface area (Å²) >= 11 is 0. The van der Waals surface area contributed by atoms with E-state index in [1.165, 1.54) is 26.2 Å². The van der Waals surface area contributed by atoms with E-state index in [9.17, 15) is 23.1 Å². The predicted molar refractivity (Wildman–Crippen MR) is 121 cm³/mol. The number of pyridine rings is 1. The molecule has 10 heteroatoms. The molecule has 2 N–H and O–H groups in total. The number of fused-ring (bicyclic) bond motifs is 1. The van der Waals surface area contributed by atoms with E-state index in [2.05, 4.69) is 20.3 Å². The standard InChI is InChI=1S/C24H26F3N5O2/c1-14-17(5-4-6-19(14)24(25,26)27)15(2)31-22-18-11-21(28-12-20(18)29-13-30-22)23(34)7-9-32(10-8-23)16(3)33/h4-6,11-13,15,34H,7-10H2,1-3H3,(H,29,30,31). The van der Waals surface area contributed by atoms with E-state index < -0.39 is 23.4 Å². The van der Waals surface area contributed by atoms with Crippen molar-refractivity contribution in [3.63, 3.8) is 0 Å². The number of hydrogen-bond donors (Lipinski definition) is 2. The Morgan fingerprint density at radius 1 is 1.21 bits per heavy atom. The predicted octanol–water partition coefficient (Wildman–Crippen LogP) is 4.36. The number of hydrogen-bond acceptors (Lipinski definition) is 6. The zero-order valence-electron chi connectivity index (χ0n) is 19.1. The first-order valence-electron chi connectivity index (χ1n) is 11.0. The molecule has 1 amide bonds. The number of anilines is 1. The van der Waals surface area contributed by atoms with Gasteiger partial charge in [-0.05, 0) is 49.9 Å². The van der Waals surface area contributed by atoms with Crippen molar-refractivity contribution in [2.75, 3.05) is 18.4 Å². The molecule has 1 atom stereocenters. The Kier molecular flexibility index (Phi) is 6.20. The number of halogens is 3. The van der Waals surface area contributed by atoms with Crippen LogP contribution < -0.4 is 5.32 Å². The Hall–Kier alpha value is -3.27. The summed E-state index contributed by atoms with van der Waals surface area (Å²) in [5.41, 5.74) is -0.218. The van der Waals surface area contributed by atoms with Crippen LogP contribution in [0.5, 0.6) is 0 Å². The highest BCUT2D eigenvalue weighted by atomic mass is 19.4. The van der Waals surface area contributed by atoms with Gasteiger partial charge < -0.3 is 15.3 Å². The van der Waals surface area contributed by atoms with E-state index in [0.29, 0.717) is 53.9 Å². The monoisotopic (exact) mass is 473 g/mol. The summed E-state index contributed by atoms with van der Waals surface area (Å²) in [7, 11) is 0. The van der Waals surface area contributed by atoms with Gasteiger partial charge in [0.2, 0.25) is 5.91 Å². The van der Waals surface area contributed by atoms with Crippen molar-refractivity contribution in [1.82, 2.24) is 19.9 Å². The van der Waals surface area contributed by atoms with Crippen LogP contribution in [0.3, 0.4) is 0 Å². The molecule has 0 aliphatic carbocycles. The molecule has 0 bridgehead atoms. The average Bonchev–Trinajstić information content (AvgIpc) is 2.78. The van der Waals surface area contributed by atoms with Crippen LogP contribution in [0, 0.1) is 6.92 Å². The zero-order chi connectivity index (χ0) is 24.7. The summed E-state index contributed by atoms with van der Waals surface area (Å²) in [4.78, 5) is 26.3. The summed E-state index contributed by atoms with van der Waals surface area (Å²) in [6.07, 6.45) is -0.830. The Bertz CT molecular complexity index is 1220. The molecule has 3 aromatic rings. The van der Waals surface area contributed by atoms with Crippen LogP contribution in [0.4, 0.5) is 19.0 Å². The average molecular weight is 473 g/mol. The second-order valence-corrected chi connectivity index (χ2v) is 8.73. The van der Waals surface area contributed by atoms with Gasteiger partial charge in [-0.1, -0.05) is 12.1 Å². The van der Waals surface area contributed by atoms with Crippen LogP contribution in [0.1, 0.15) is 55.1 Å². The van der Waals surface area contributed by atoms with Gasteiger partial charge >= 0.3 is 6.18 Å². The van der Waals surface area contributed by atoms with Crippen LogP contribution in [0.25, 0.3) is 10.9 Å². The van der Waals surface area contributed by atoms with E-state index in [-0.39, 0.29) is 11.5 Å². The lowest BCUT2D eigenvalue weighted by molar-refractivity contribution is -0.138. The lowest BCUT2D eigenvalue weighted by atomic mass is 9.87. The normalized spacial score (nSPS) is 17.0. The third-order valence-electron chi connectivity index (χ3n) is 6.54. The molecule has 1 unspecified atom stereocenters. The maximum absolute atomic E-state index is 13.4. The topological polar surface area (TPSA) is 91.2 Å². The molecule has 0 spiro atoms. The van der Waals surface area contributed by atoms with Crippen molar-refractivity contribution < 1.29 is 23.1 Å². The number of rotatable bonds is 4. The van der Waals surface area contributed by atoms with Gasteiger partial charge in [-0.25, -0.2) is 9.97 Å². The zero-order valence-corrected chi connectivity index (χ0v) is 19.1. The Labute approximate surface area is 195 Å². The summed E-state index contributed by atoms with van der Waals surface area (Å²) in [5, 5.41) is 15.0. The van der Waals surface area contributed by atoms with Crippen molar-refractivity contribution >= 4 is 22.6 Å². The van der Waals surface area contributed by atoms with Gasteiger partial charge in [-0.15, -0.1) is 0 Å². The lowest BCUT2D eigenvalue weighted by Crippen LogP contribution is -2.44. The number of aliphatic hydroxyl groups is 1. The van der Waals surface area contributed by atoms with Gasteiger partial charge in [0.1, 0.15) is 17.7 Å². The minimum absolute atomic E-state index is 0.0349. The Morgan fingerprint density at radius 3 is 2.56 bits per heavy atom. The van der Waals surface area contributed by atoms with E-state index in [4.69, 9.17) is 0 Å². The molecular formula is C24H26F3N5O2. The van der Waals surface area contributed by atoms with Crippen LogP contribution in [-0.4, -0.2) is 44.0 Å². The van der Waals surface area contributed by atoms with Crippen molar-refractivity contribution in [3.05, 3.63) is 59.2 Å². The van der Waals surface area contributed by atoms with E-state index in [0.717, 1.165) is 6.07 Å². The summed E-state index contributed by atoms with van der Waals surface area (Å²) in [6, 6.07) is 5.37. The maximum atomic E-state index is 13.4. The minimum Gasteiger partial charge on any atom is -0.383 e. The fraction of sp³-hybridized carbons (Fsp3) is 0.417. The van der Waals surface area contributed by atoms with Gasteiger partial charge in [0, 0.05) is 25.4 Å². The van der Waals surface area contributed by atoms with Gasteiger partial charge in [0.15, 0.2) is 0 Å².